The summed E-state index contributed by atoms with van der Waals surface area (Å²) in [6.07, 6.45) is 0. The number of hydrogen-bond acceptors (Lipinski definition) is 4. The topological polar surface area (TPSA) is 99.3 Å². The molecule has 0 saturated heterocycles. The van der Waals surface area contributed by atoms with Gasteiger partial charge in [0.1, 0.15) is 0 Å². The molecule has 4 N–H and O–H groups in total. The van der Waals surface area contributed by atoms with Crippen molar-refractivity contribution in [2.45, 2.75) is 13.0 Å². The first kappa shape index (κ1) is 23.7. The van der Waals surface area contributed by atoms with E-state index in [1.807, 2.05) is 42.6 Å². The fourth-order valence-electron chi connectivity index (χ4n) is 3.41. The van der Waals surface area contributed by atoms with Gasteiger partial charge in [0.25, 0.3) is 11.8 Å². The van der Waals surface area contributed by atoms with Crippen molar-refractivity contribution < 1.29 is 14.4 Å². The minimum absolute atomic E-state index is 0.265. The minimum atomic E-state index is -0.341. The van der Waals surface area contributed by atoms with Gasteiger partial charge in [-0.3, -0.25) is 9.59 Å². The van der Waals surface area contributed by atoms with Gasteiger partial charge in [-0.05, 0) is 60.3 Å². The van der Waals surface area contributed by atoms with Crippen LogP contribution in [0.5, 0.6) is 0 Å². The van der Waals surface area contributed by atoms with Crippen LogP contribution in [0.1, 0.15) is 39.2 Å². The van der Waals surface area contributed by atoms with E-state index in [4.69, 9.17) is 0 Å². The Bertz CT molecular complexity index is 1310. The summed E-state index contributed by atoms with van der Waals surface area (Å²) in [5.74, 6) is -0.568. The molecule has 0 aliphatic carbocycles. The van der Waals surface area contributed by atoms with Crippen LogP contribution < -0.4 is 21.3 Å². The van der Waals surface area contributed by atoms with Gasteiger partial charge in [0.15, 0.2) is 0 Å². The molecule has 1 atom stereocenters. The predicted octanol–water partition coefficient (Wildman–Crippen LogP) is 6.14. The summed E-state index contributed by atoms with van der Waals surface area (Å²) in [5, 5.41) is 14.9. The average Bonchev–Trinajstić information content (AvgIpc) is 3.41. The highest BCUT2D eigenvalue weighted by Crippen LogP contribution is 2.21. The Morgan fingerprint density at radius 2 is 1.37 bits per heavy atom. The van der Waals surface area contributed by atoms with Gasteiger partial charge < -0.3 is 21.3 Å². The maximum Gasteiger partial charge on any atom is 0.323 e. The van der Waals surface area contributed by atoms with Gasteiger partial charge >= 0.3 is 6.03 Å². The van der Waals surface area contributed by atoms with Gasteiger partial charge in [-0.2, -0.15) is 11.3 Å². The smallest absolute Gasteiger partial charge is 0.323 e. The molecule has 8 heteroatoms. The summed E-state index contributed by atoms with van der Waals surface area (Å²) in [6, 6.07) is 24.4. The van der Waals surface area contributed by atoms with Crippen molar-refractivity contribution in [2.24, 2.45) is 0 Å². The Labute approximate surface area is 207 Å². The number of hydrogen-bond donors (Lipinski definition) is 4. The lowest BCUT2D eigenvalue weighted by atomic mass is 10.1. The number of carbonyl (C=O) groups excluding carboxylic acids is 3. The normalized spacial score (nSPS) is 11.2. The molecule has 7 nitrogen and oxygen atoms in total. The molecule has 0 aliphatic rings. The van der Waals surface area contributed by atoms with Crippen LogP contribution in [-0.2, 0) is 0 Å². The molecule has 1 aromatic heterocycles. The number of benzene rings is 3. The minimum Gasteiger partial charge on any atom is -0.345 e. The van der Waals surface area contributed by atoms with Gasteiger partial charge in [0.05, 0.1) is 22.9 Å². The SMILES string of the molecule is CC(NC(=O)c1ccccc1NC(=O)c1ccsc1)c1ccc(NC(=O)Nc2ccccc2)cc1. The molecule has 0 radical (unpaired) electrons. The number of urea groups is 1. The van der Waals surface area contributed by atoms with Crippen molar-refractivity contribution in [3.8, 4) is 0 Å². The van der Waals surface area contributed by atoms with Gasteiger partial charge in [-0.25, -0.2) is 4.79 Å². The van der Waals surface area contributed by atoms with Crippen LogP contribution in [0.3, 0.4) is 0 Å². The van der Waals surface area contributed by atoms with E-state index in [-0.39, 0.29) is 23.9 Å². The molecule has 176 valence electrons. The number of rotatable bonds is 7. The summed E-state index contributed by atoms with van der Waals surface area (Å²) in [7, 11) is 0. The molecule has 1 unspecified atom stereocenters. The highest BCUT2D eigenvalue weighted by atomic mass is 32.1. The van der Waals surface area contributed by atoms with E-state index < -0.39 is 0 Å². The monoisotopic (exact) mass is 484 g/mol. The van der Waals surface area contributed by atoms with Gasteiger partial charge in [-0.1, -0.05) is 42.5 Å². The van der Waals surface area contributed by atoms with Crippen LogP contribution in [0.25, 0.3) is 0 Å². The van der Waals surface area contributed by atoms with Crippen LogP contribution >= 0.6 is 11.3 Å². The second-order valence-electron chi connectivity index (χ2n) is 7.77. The summed E-state index contributed by atoms with van der Waals surface area (Å²) >= 11 is 1.43. The van der Waals surface area contributed by atoms with Crippen LogP contribution in [-0.4, -0.2) is 17.8 Å². The zero-order valence-electron chi connectivity index (χ0n) is 18.9. The fourth-order valence-corrected chi connectivity index (χ4v) is 4.04. The molecule has 0 fully saturated rings. The zero-order valence-corrected chi connectivity index (χ0v) is 19.8. The number of thiophene rings is 1. The van der Waals surface area contributed by atoms with E-state index in [0.717, 1.165) is 5.56 Å². The summed E-state index contributed by atoms with van der Waals surface area (Å²) < 4.78 is 0. The first-order valence-corrected chi connectivity index (χ1v) is 11.9. The van der Waals surface area contributed by atoms with Gasteiger partial charge in [0, 0.05) is 16.8 Å². The summed E-state index contributed by atoms with van der Waals surface area (Å²) in [5.41, 5.74) is 3.56. The average molecular weight is 485 g/mol. The fraction of sp³-hybridized carbons (Fsp3) is 0.0741. The maximum atomic E-state index is 13.0. The van der Waals surface area contributed by atoms with Crippen LogP contribution in [0, 0.1) is 0 Å². The molecule has 1 heterocycles. The van der Waals surface area contributed by atoms with E-state index in [0.29, 0.717) is 28.2 Å². The maximum absolute atomic E-state index is 13.0. The quantitative estimate of drug-likeness (QED) is 0.254. The lowest BCUT2D eigenvalue weighted by Crippen LogP contribution is -2.28. The number of amides is 4. The molecule has 35 heavy (non-hydrogen) atoms. The van der Waals surface area contributed by atoms with Crippen molar-refractivity contribution in [1.29, 1.82) is 0 Å². The van der Waals surface area contributed by atoms with Crippen LogP contribution in [0.4, 0.5) is 21.9 Å². The first-order chi connectivity index (χ1) is 17.0. The molecule has 4 rings (SSSR count). The third-order valence-electron chi connectivity index (χ3n) is 5.25. The van der Waals surface area contributed by atoms with Crippen molar-refractivity contribution in [2.75, 3.05) is 16.0 Å². The van der Waals surface area contributed by atoms with E-state index >= 15 is 0 Å². The Kier molecular flexibility index (Phi) is 7.54. The van der Waals surface area contributed by atoms with E-state index in [2.05, 4.69) is 21.3 Å². The largest absolute Gasteiger partial charge is 0.345 e. The molecule has 0 saturated carbocycles. The molecular weight excluding hydrogens is 460 g/mol. The van der Waals surface area contributed by atoms with Crippen molar-refractivity contribution in [3.63, 3.8) is 0 Å². The third kappa shape index (κ3) is 6.33. The van der Waals surface area contributed by atoms with Gasteiger partial charge in [-0.15, -0.1) is 0 Å². The second kappa shape index (κ2) is 11.1. The summed E-state index contributed by atoms with van der Waals surface area (Å²) in [6.45, 7) is 1.87. The Balaban J connectivity index is 1.36. The highest BCUT2D eigenvalue weighted by molar-refractivity contribution is 7.08. The van der Waals surface area contributed by atoms with Crippen molar-refractivity contribution in [3.05, 3.63) is 112 Å². The Morgan fingerprint density at radius 3 is 2.06 bits per heavy atom. The van der Waals surface area contributed by atoms with E-state index in [1.54, 1.807) is 60.0 Å². The van der Waals surface area contributed by atoms with Gasteiger partial charge in [0.2, 0.25) is 0 Å². The highest BCUT2D eigenvalue weighted by Gasteiger charge is 2.17. The zero-order chi connectivity index (χ0) is 24.6. The number of anilines is 3. The molecule has 0 aliphatic heterocycles. The number of para-hydroxylation sites is 2. The molecule has 3 aromatic carbocycles. The predicted molar refractivity (Wildman–Crippen MR) is 140 cm³/mol. The molecule has 4 amide bonds. The Hall–Kier alpha value is -4.43. The standard InChI is InChI=1S/C27H24N4O3S/c1-18(19-11-13-22(14-12-19)30-27(34)29-21-7-3-2-4-8-21)28-26(33)23-9-5-6-10-24(23)31-25(32)20-15-16-35-17-20/h2-18H,1H3,(H,28,33)(H,31,32)(H2,29,30,34). The van der Waals surface area contributed by atoms with Crippen molar-refractivity contribution >= 4 is 46.2 Å². The Morgan fingerprint density at radius 1 is 0.714 bits per heavy atom. The molecular formula is C27H24N4O3S. The van der Waals surface area contributed by atoms with E-state index in [9.17, 15) is 14.4 Å². The molecule has 0 spiro atoms. The van der Waals surface area contributed by atoms with Crippen LogP contribution in [0.15, 0.2) is 95.7 Å². The van der Waals surface area contributed by atoms with E-state index in [1.165, 1.54) is 11.3 Å². The number of nitrogens with one attached hydrogen (secondary N) is 4. The second-order valence-corrected chi connectivity index (χ2v) is 8.55. The van der Waals surface area contributed by atoms with Crippen LogP contribution in [0.2, 0.25) is 0 Å². The molecule has 4 aromatic rings. The summed E-state index contributed by atoms with van der Waals surface area (Å²) in [4.78, 5) is 37.6. The lowest BCUT2D eigenvalue weighted by Gasteiger charge is -2.17. The third-order valence-corrected chi connectivity index (χ3v) is 5.93. The molecule has 0 bridgehead atoms. The number of carbonyl (C=O) groups is 3. The van der Waals surface area contributed by atoms with Crippen molar-refractivity contribution in [1.82, 2.24) is 5.32 Å². The lowest BCUT2D eigenvalue weighted by molar-refractivity contribution is 0.0940. The first-order valence-electron chi connectivity index (χ1n) is 11.0.